The lowest BCUT2D eigenvalue weighted by Crippen LogP contribution is -2.05. The van der Waals surface area contributed by atoms with Crippen molar-refractivity contribution in [2.45, 2.75) is 12.8 Å². The predicted octanol–water partition coefficient (Wildman–Crippen LogP) is 0.164. The van der Waals surface area contributed by atoms with Gasteiger partial charge in [0.05, 0.1) is 13.3 Å². The number of carbonyl (C=O) groups excluding carboxylic acids is 1. The third-order valence-electron chi connectivity index (χ3n) is 1.66. The molecule has 0 bridgehead atoms. The number of nitrogen functional groups attached to an aromatic ring is 1. The normalized spacial score (nSPS) is 9.62. The second-order valence-corrected chi connectivity index (χ2v) is 2.52. The van der Waals surface area contributed by atoms with Crippen molar-refractivity contribution in [2.24, 2.45) is 0 Å². The van der Waals surface area contributed by atoms with Gasteiger partial charge >= 0.3 is 5.97 Å². The van der Waals surface area contributed by atoms with Gasteiger partial charge in [0.15, 0.2) is 0 Å². The Bertz CT molecular complexity index is 301. The van der Waals surface area contributed by atoms with E-state index in [0.29, 0.717) is 18.7 Å². The second-order valence-electron chi connectivity index (χ2n) is 2.52. The average molecular weight is 181 g/mol. The van der Waals surface area contributed by atoms with E-state index >= 15 is 0 Å². The number of nitrogens with zero attached hydrogens (tertiary/aromatic N) is 2. The maximum absolute atomic E-state index is 10.8. The first-order chi connectivity index (χ1) is 6.24. The second kappa shape index (κ2) is 4.39. The van der Waals surface area contributed by atoms with Crippen LogP contribution in [0.4, 0.5) is 5.82 Å². The molecule has 0 amide bonds. The van der Waals surface area contributed by atoms with E-state index in [1.54, 1.807) is 12.3 Å². The van der Waals surface area contributed by atoms with Gasteiger partial charge in [0.2, 0.25) is 0 Å². The number of anilines is 1. The third-order valence-corrected chi connectivity index (χ3v) is 1.66. The molecule has 0 saturated heterocycles. The molecule has 1 aromatic heterocycles. The first-order valence-corrected chi connectivity index (χ1v) is 3.87. The van der Waals surface area contributed by atoms with Crippen LogP contribution in [0.3, 0.4) is 0 Å². The van der Waals surface area contributed by atoms with Crippen molar-refractivity contribution in [3.63, 3.8) is 0 Å². The molecule has 0 radical (unpaired) electrons. The van der Waals surface area contributed by atoms with E-state index in [0.717, 1.165) is 5.56 Å². The summed E-state index contributed by atoms with van der Waals surface area (Å²) < 4.78 is 4.50. The Labute approximate surface area is 75.9 Å². The molecule has 0 fully saturated rings. The zero-order chi connectivity index (χ0) is 9.68. The lowest BCUT2D eigenvalue weighted by molar-refractivity contribution is -0.140. The van der Waals surface area contributed by atoms with Crippen molar-refractivity contribution in [3.8, 4) is 0 Å². The summed E-state index contributed by atoms with van der Waals surface area (Å²) in [6.07, 6.45) is 2.39. The summed E-state index contributed by atoms with van der Waals surface area (Å²) >= 11 is 0. The number of aromatic nitrogens is 2. The summed E-state index contributed by atoms with van der Waals surface area (Å²) in [5.41, 5.74) is 6.34. The standard InChI is InChI=1S/C8H11N3O2/c1-13-7(12)3-2-6-4-5-10-11-8(6)9/h4-5H,2-3H2,1H3,(H2,9,11). The zero-order valence-corrected chi connectivity index (χ0v) is 7.36. The van der Waals surface area contributed by atoms with Crippen LogP contribution in [0, 0.1) is 0 Å². The van der Waals surface area contributed by atoms with Gasteiger partial charge < -0.3 is 10.5 Å². The van der Waals surface area contributed by atoms with Gasteiger partial charge in [0.1, 0.15) is 5.82 Å². The molecular weight excluding hydrogens is 170 g/mol. The molecule has 0 atom stereocenters. The van der Waals surface area contributed by atoms with Crippen LogP contribution < -0.4 is 5.73 Å². The Morgan fingerprint density at radius 2 is 2.46 bits per heavy atom. The summed E-state index contributed by atoms with van der Waals surface area (Å²) in [6, 6.07) is 1.74. The van der Waals surface area contributed by atoms with Gasteiger partial charge in [-0.15, -0.1) is 5.10 Å². The Balaban J connectivity index is 2.54. The van der Waals surface area contributed by atoms with E-state index < -0.39 is 0 Å². The van der Waals surface area contributed by atoms with Gasteiger partial charge in [0, 0.05) is 6.42 Å². The van der Waals surface area contributed by atoms with Crippen molar-refractivity contribution in [2.75, 3.05) is 12.8 Å². The minimum Gasteiger partial charge on any atom is -0.469 e. The molecule has 0 aliphatic heterocycles. The number of hydrogen-bond donors (Lipinski definition) is 1. The maximum atomic E-state index is 10.8. The van der Waals surface area contributed by atoms with Gasteiger partial charge in [-0.1, -0.05) is 0 Å². The zero-order valence-electron chi connectivity index (χ0n) is 7.36. The number of hydrogen-bond acceptors (Lipinski definition) is 5. The van der Waals surface area contributed by atoms with Crippen LogP contribution in [0.5, 0.6) is 0 Å². The molecule has 0 aliphatic rings. The Morgan fingerprint density at radius 1 is 1.69 bits per heavy atom. The Hall–Kier alpha value is -1.65. The predicted molar refractivity (Wildman–Crippen MR) is 46.8 cm³/mol. The van der Waals surface area contributed by atoms with Gasteiger partial charge in [-0.05, 0) is 18.1 Å². The molecule has 0 unspecified atom stereocenters. The quantitative estimate of drug-likeness (QED) is 0.672. The number of methoxy groups -OCH3 is 1. The lowest BCUT2D eigenvalue weighted by atomic mass is 10.1. The highest BCUT2D eigenvalue weighted by Gasteiger charge is 2.04. The van der Waals surface area contributed by atoms with Gasteiger partial charge in [0.25, 0.3) is 0 Å². The number of nitrogens with two attached hydrogens (primary N) is 1. The molecule has 5 nitrogen and oxygen atoms in total. The molecule has 1 aromatic rings. The van der Waals surface area contributed by atoms with E-state index in [2.05, 4.69) is 14.9 Å². The minimum absolute atomic E-state index is 0.254. The molecule has 2 N–H and O–H groups in total. The molecule has 1 heterocycles. The van der Waals surface area contributed by atoms with Crippen LogP contribution in [-0.2, 0) is 16.0 Å². The first kappa shape index (κ1) is 9.44. The smallest absolute Gasteiger partial charge is 0.305 e. The lowest BCUT2D eigenvalue weighted by Gasteiger charge is -2.01. The van der Waals surface area contributed by atoms with Gasteiger partial charge in [-0.2, -0.15) is 5.10 Å². The summed E-state index contributed by atoms with van der Waals surface area (Å²) in [4.78, 5) is 10.8. The molecule has 0 spiro atoms. The first-order valence-electron chi connectivity index (χ1n) is 3.87. The third kappa shape index (κ3) is 2.70. The number of ether oxygens (including phenoxy) is 1. The van der Waals surface area contributed by atoms with Crippen LogP contribution in [0.2, 0.25) is 0 Å². The highest BCUT2D eigenvalue weighted by atomic mass is 16.5. The fourth-order valence-corrected chi connectivity index (χ4v) is 0.919. The van der Waals surface area contributed by atoms with E-state index in [-0.39, 0.29) is 5.97 Å². The Morgan fingerprint density at radius 3 is 3.08 bits per heavy atom. The molecule has 0 aliphatic carbocycles. The van der Waals surface area contributed by atoms with Crippen molar-refractivity contribution >= 4 is 11.8 Å². The SMILES string of the molecule is COC(=O)CCc1ccnnc1N. The van der Waals surface area contributed by atoms with Crippen molar-refractivity contribution in [1.82, 2.24) is 10.2 Å². The van der Waals surface area contributed by atoms with Crippen molar-refractivity contribution in [3.05, 3.63) is 17.8 Å². The van der Waals surface area contributed by atoms with E-state index in [1.165, 1.54) is 7.11 Å². The van der Waals surface area contributed by atoms with Crippen LogP contribution in [0.15, 0.2) is 12.3 Å². The van der Waals surface area contributed by atoms with Gasteiger partial charge in [-0.3, -0.25) is 4.79 Å². The fraction of sp³-hybridized carbons (Fsp3) is 0.375. The van der Waals surface area contributed by atoms with E-state index in [1.807, 2.05) is 0 Å². The topological polar surface area (TPSA) is 78.1 Å². The summed E-state index contributed by atoms with van der Waals surface area (Å²) in [7, 11) is 1.36. The highest BCUT2D eigenvalue weighted by molar-refractivity contribution is 5.69. The molecular formula is C8H11N3O2. The van der Waals surface area contributed by atoms with Crippen LogP contribution >= 0.6 is 0 Å². The van der Waals surface area contributed by atoms with Crippen LogP contribution in [0.1, 0.15) is 12.0 Å². The number of carbonyl (C=O) groups is 1. The van der Waals surface area contributed by atoms with Gasteiger partial charge in [-0.25, -0.2) is 0 Å². The summed E-state index contributed by atoms with van der Waals surface area (Å²) in [5, 5.41) is 7.26. The highest BCUT2D eigenvalue weighted by Crippen LogP contribution is 2.08. The molecule has 0 aromatic carbocycles. The molecule has 13 heavy (non-hydrogen) atoms. The maximum Gasteiger partial charge on any atom is 0.305 e. The summed E-state index contributed by atoms with van der Waals surface area (Å²) in [6.45, 7) is 0. The molecule has 70 valence electrons. The molecule has 5 heteroatoms. The average Bonchev–Trinajstić information content (AvgIpc) is 2.16. The fourth-order valence-electron chi connectivity index (χ4n) is 0.919. The Kier molecular flexibility index (Phi) is 3.19. The molecule has 0 saturated carbocycles. The van der Waals surface area contributed by atoms with E-state index in [9.17, 15) is 4.79 Å². The monoisotopic (exact) mass is 181 g/mol. The van der Waals surface area contributed by atoms with Crippen molar-refractivity contribution < 1.29 is 9.53 Å². The van der Waals surface area contributed by atoms with Crippen LogP contribution in [-0.4, -0.2) is 23.3 Å². The largest absolute Gasteiger partial charge is 0.469 e. The number of aryl methyl sites for hydroxylation is 1. The van der Waals surface area contributed by atoms with Crippen LogP contribution in [0.25, 0.3) is 0 Å². The summed E-state index contributed by atoms with van der Waals surface area (Å²) in [5.74, 6) is 0.114. The number of rotatable bonds is 3. The number of esters is 1. The molecule has 1 rings (SSSR count). The van der Waals surface area contributed by atoms with Crippen molar-refractivity contribution in [1.29, 1.82) is 0 Å². The van der Waals surface area contributed by atoms with E-state index in [4.69, 9.17) is 5.73 Å². The minimum atomic E-state index is -0.254.